The molecule has 1 N–H and O–H groups in total. The van der Waals surface area contributed by atoms with Crippen molar-refractivity contribution in [3.05, 3.63) is 59.9 Å². The van der Waals surface area contributed by atoms with E-state index in [1.54, 1.807) is 6.33 Å². The van der Waals surface area contributed by atoms with E-state index in [0.717, 1.165) is 21.5 Å². The summed E-state index contributed by atoms with van der Waals surface area (Å²) in [4.78, 5) is 16.9. The summed E-state index contributed by atoms with van der Waals surface area (Å²) in [7, 11) is 0. The second-order valence-corrected chi connectivity index (χ2v) is 8.07. The van der Waals surface area contributed by atoms with Crippen molar-refractivity contribution in [2.24, 2.45) is 0 Å². The molecule has 0 spiro atoms. The van der Waals surface area contributed by atoms with E-state index in [-0.39, 0.29) is 11.7 Å². The van der Waals surface area contributed by atoms with E-state index >= 15 is 0 Å². The molecule has 8 heteroatoms. The first-order chi connectivity index (χ1) is 13.1. The Balaban J connectivity index is 1.43. The first kappa shape index (κ1) is 17.7. The van der Waals surface area contributed by atoms with Crippen LogP contribution >= 0.6 is 23.1 Å². The predicted molar refractivity (Wildman–Crippen MR) is 110 cm³/mol. The zero-order chi connectivity index (χ0) is 18.8. The fourth-order valence-electron chi connectivity index (χ4n) is 2.63. The maximum absolute atomic E-state index is 12.3. The summed E-state index contributed by atoms with van der Waals surface area (Å²) in [5.74, 6) is 0.120. The summed E-state index contributed by atoms with van der Waals surface area (Å²) in [6.45, 7) is 4.06. The number of aromatic nitrogens is 4. The van der Waals surface area contributed by atoms with Crippen molar-refractivity contribution < 1.29 is 4.79 Å². The highest BCUT2D eigenvalue weighted by Crippen LogP contribution is 2.28. The lowest BCUT2D eigenvalue weighted by Crippen LogP contribution is -2.14. The van der Waals surface area contributed by atoms with E-state index in [1.165, 1.54) is 28.7 Å². The minimum Gasteiger partial charge on any atom is -0.301 e. The molecule has 0 aliphatic heterocycles. The van der Waals surface area contributed by atoms with Gasteiger partial charge in [0.05, 0.1) is 16.0 Å². The molecule has 1 amide bonds. The van der Waals surface area contributed by atoms with E-state index < -0.39 is 0 Å². The van der Waals surface area contributed by atoms with Crippen molar-refractivity contribution in [3.8, 4) is 5.69 Å². The van der Waals surface area contributed by atoms with Gasteiger partial charge in [-0.2, -0.15) is 0 Å². The van der Waals surface area contributed by atoms with Crippen molar-refractivity contribution in [2.75, 3.05) is 11.1 Å². The van der Waals surface area contributed by atoms with Crippen LogP contribution in [-0.4, -0.2) is 31.4 Å². The third-order valence-electron chi connectivity index (χ3n) is 4.03. The summed E-state index contributed by atoms with van der Waals surface area (Å²) in [6.07, 6.45) is 1.65. The first-order valence-electron chi connectivity index (χ1n) is 8.36. The Labute approximate surface area is 164 Å². The highest BCUT2D eigenvalue weighted by Gasteiger charge is 2.12. The molecular weight excluding hydrogens is 378 g/mol. The van der Waals surface area contributed by atoms with Gasteiger partial charge >= 0.3 is 0 Å². The Morgan fingerprint density at radius 3 is 2.78 bits per heavy atom. The number of nitrogens with zero attached hydrogens (tertiary/aromatic N) is 4. The van der Waals surface area contributed by atoms with Crippen molar-refractivity contribution in [2.45, 2.75) is 19.0 Å². The largest absolute Gasteiger partial charge is 0.301 e. The normalized spacial score (nSPS) is 11.0. The van der Waals surface area contributed by atoms with Crippen molar-refractivity contribution in [1.82, 2.24) is 19.7 Å². The highest BCUT2D eigenvalue weighted by atomic mass is 32.2. The molecule has 136 valence electrons. The SMILES string of the molecule is Cc1ccc(-n2cnnc2SCC(=O)Nc2nc3c(C)cccc3s2)cc1. The zero-order valence-electron chi connectivity index (χ0n) is 14.8. The predicted octanol–water partition coefficient (Wildman–Crippen LogP) is 4.22. The van der Waals surface area contributed by atoms with E-state index in [0.29, 0.717) is 10.3 Å². The number of rotatable bonds is 5. The molecule has 4 aromatic rings. The van der Waals surface area contributed by atoms with Crippen LogP contribution in [-0.2, 0) is 4.79 Å². The number of carbonyl (C=O) groups excluding carboxylic acids is 1. The number of carbonyl (C=O) groups is 1. The smallest absolute Gasteiger partial charge is 0.236 e. The van der Waals surface area contributed by atoms with Gasteiger partial charge in [-0.15, -0.1) is 10.2 Å². The van der Waals surface area contributed by atoms with Crippen LogP contribution in [0.15, 0.2) is 53.9 Å². The summed E-state index contributed by atoms with van der Waals surface area (Å²) in [5.41, 5.74) is 4.19. The lowest BCUT2D eigenvalue weighted by atomic mass is 10.2. The highest BCUT2D eigenvalue weighted by molar-refractivity contribution is 7.99. The van der Waals surface area contributed by atoms with Gasteiger partial charge in [0.15, 0.2) is 10.3 Å². The summed E-state index contributed by atoms with van der Waals surface area (Å²) < 4.78 is 2.94. The molecule has 0 saturated carbocycles. The number of thiazole rings is 1. The fourth-order valence-corrected chi connectivity index (χ4v) is 4.32. The van der Waals surface area contributed by atoms with E-state index in [2.05, 4.69) is 20.5 Å². The van der Waals surface area contributed by atoms with Gasteiger partial charge < -0.3 is 5.32 Å². The second kappa shape index (κ2) is 7.50. The molecule has 0 radical (unpaired) electrons. The van der Waals surface area contributed by atoms with Crippen LogP contribution in [0.2, 0.25) is 0 Å². The number of aryl methyl sites for hydroxylation is 2. The van der Waals surface area contributed by atoms with Gasteiger partial charge in [-0.05, 0) is 37.6 Å². The molecule has 0 bridgehead atoms. The molecule has 2 heterocycles. The van der Waals surface area contributed by atoms with Crippen molar-refractivity contribution in [3.63, 3.8) is 0 Å². The monoisotopic (exact) mass is 395 g/mol. The Kier molecular flexibility index (Phi) is 4.91. The number of fused-ring (bicyclic) bond motifs is 1. The van der Waals surface area contributed by atoms with Gasteiger partial charge in [0.25, 0.3) is 0 Å². The Bertz CT molecular complexity index is 1100. The van der Waals surface area contributed by atoms with E-state index in [9.17, 15) is 4.79 Å². The van der Waals surface area contributed by atoms with Gasteiger partial charge in [0, 0.05) is 5.69 Å². The van der Waals surface area contributed by atoms with Gasteiger partial charge in [0.2, 0.25) is 5.91 Å². The number of thioether (sulfide) groups is 1. The van der Waals surface area contributed by atoms with Crippen LogP contribution in [0.4, 0.5) is 5.13 Å². The summed E-state index contributed by atoms with van der Waals surface area (Å²) >= 11 is 2.82. The Morgan fingerprint density at radius 1 is 1.19 bits per heavy atom. The molecule has 4 rings (SSSR count). The number of hydrogen-bond acceptors (Lipinski definition) is 6. The number of nitrogens with one attached hydrogen (secondary N) is 1. The Hall–Kier alpha value is -2.71. The maximum atomic E-state index is 12.3. The molecule has 2 aromatic carbocycles. The van der Waals surface area contributed by atoms with Crippen LogP contribution in [0.3, 0.4) is 0 Å². The van der Waals surface area contributed by atoms with Gasteiger partial charge in [-0.25, -0.2) is 4.98 Å². The molecule has 27 heavy (non-hydrogen) atoms. The number of amides is 1. The number of anilines is 1. The maximum Gasteiger partial charge on any atom is 0.236 e. The van der Waals surface area contributed by atoms with Crippen LogP contribution < -0.4 is 5.32 Å². The molecule has 0 aliphatic carbocycles. The minimum absolute atomic E-state index is 0.116. The third-order valence-corrected chi connectivity index (χ3v) is 5.91. The molecule has 0 aliphatic rings. The standard InChI is InChI=1S/C19H17N5OS2/c1-12-6-8-14(9-7-12)24-11-20-23-19(24)26-10-16(25)21-18-22-17-13(2)4-3-5-15(17)27-18/h3-9,11H,10H2,1-2H3,(H,21,22,25). The summed E-state index contributed by atoms with van der Waals surface area (Å²) in [5, 5.41) is 12.3. The fraction of sp³-hybridized carbons (Fsp3) is 0.158. The Morgan fingerprint density at radius 2 is 2.00 bits per heavy atom. The van der Waals surface area contributed by atoms with E-state index in [4.69, 9.17) is 0 Å². The average Bonchev–Trinajstić information content (AvgIpc) is 3.28. The van der Waals surface area contributed by atoms with E-state index in [1.807, 2.05) is 60.9 Å². The van der Waals surface area contributed by atoms with Gasteiger partial charge in [-0.1, -0.05) is 52.9 Å². The van der Waals surface area contributed by atoms with Crippen LogP contribution in [0.25, 0.3) is 15.9 Å². The number of hydrogen-bond donors (Lipinski definition) is 1. The number of benzene rings is 2. The lowest BCUT2D eigenvalue weighted by molar-refractivity contribution is -0.113. The zero-order valence-corrected chi connectivity index (χ0v) is 16.5. The minimum atomic E-state index is -0.116. The van der Waals surface area contributed by atoms with Crippen LogP contribution in [0, 0.1) is 13.8 Å². The molecule has 0 fully saturated rings. The number of para-hydroxylation sites is 1. The topological polar surface area (TPSA) is 72.7 Å². The second-order valence-electron chi connectivity index (χ2n) is 6.10. The third kappa shape index (κ3) is 3.86. The van der Waals surface area contributed by atoms with Gasteiger partial charge in [-0.3, -0.25) is 9.36 Å². The first-order valence-corrected chi connectivity index (χ1v) is 10.2. The molecule has 6 nitrogen and oxygen atoms in total. The molecule has 2 aromatic heterocycles. The molecular formula is C19H17N5OS2. The van der Waals surface area contributed by atoms with Crippen molar-refractivity contribution in [1.29, 1.82) is 0 Å². The van der Waals surface area contributed by atoms with Crippen LogP contribution in [0.1, 0.15) is 11.1 Å². The summed E-state index contributed by atoms with van der Waals surface area (Å²) in [6, 6.07) is 14.1. The van der Waals surface area contributed by atoms with Gasteiger partial charge in [0.1, 0.15) is 6.33 Å². The molecule has 0 unspecified atom stereocenters. The average molecular weight is 396 g/mol. The van der Waals surface area contributed by atoms with Crippen LogP contribution in [0.5, 0.6) is 0 Å². The molecule has 0 atom stereocenters. The quantitative estimate of drug-likeness (QED) is 0.512. The molecule has 0 saturated heterocycles. The lowest BCUT2D eigenvalue weighted by Gasteiger charge is -2.06. The van der Waals surface area contributed by atoms with Crippen molar-refractivity contribution >= 4 is 44.4 Å².